The molecule has 8 heteroatoms. The van der Waals surface area contributed by atoms with Gasteiger partial charge in [-0.2, -0.15) is 0 Å². The van der Waals surface area contributed by atoms with Gasteiger partial charge in [0.1, 0.15) is 0 Å². The van der Waals surface area contributed by atoms with Crippen molar-refractivity contribution in [3.05, 3.63) is 101 Å². The summed E-state index contributed by atoms with van der Waals surface area (Å²) in [5.74, 6) is -0.328. The Morgan fingerprint density at radius 2 is 1.56 bits per heavy atom. The maximum Gasteiger partial charge on any atom is 0.337 e. The highest BCUT2D eigenvalue weighted by atomic mass is 16.5. The second-order valence-electron chi connectivity index (χ2n) is 12.3. The average Bonchev–Trinajstić information content (AvgIpc) is 3.15. The van der Waals surface area contributed by atoms with E-state index in [-0.39, 0.29) is 23.7 Å². The quantitative estimate of drug-likeness (QED) is 0.404. The molecule has 0 aromatic heterocycles. The molecule has 0 bridgehead atoms. The number of esters is 1. The monoisotopic (exact) mass is 578 g/mol. The lowest BCUT2D eigenvalue weighted by atomic mass is 9.73. The van der Waals surface area contributed by atoms with E-state index in [2.05, 4.69) is 41.1 Å². The molecule has 1 fully saturated rings. The van der Waals surface area contributed by atoms with E-state index in [0.717, 1.165) is 41.4 Å². The molecule has 3 aromatic rings. The van der Waals surface area contributed by atoms with Gasteiger partial charge in [-0.3, -0.25) is 9.59 Å². The minimum absolute atomic E-state index is 0.0198. The number of ether oxygens (including phenoxy) is 1. The molecule has 1 amide bonds. The number of nitrogens with zero attached hydrogens (tertiary/aromatic N) is 3. The summed E-state index contributed by atoms with van der Waals surface area (Å²) in [5, 5.41) is 3.60. The Balaban J connectivity index is 1.37. The fraction of sp³-hybridized carbons (Fsp3) is 0.343. The summed E-state index contributed by atoms with van der Waals surface area (Å²) in [6.45, 7) is 7.11. The summed E-state index contributed by atoms with van der Waals surface area (Å²) < 4.78 is 4.91. The number of amides is 1. The van der Waals surface area contributed by atoms with Gasteiger partial charge in [-0.1, -0.05) is 56.3 Å². The van der Waals surface area contributed by atoms with Crippen LogP contribution in [0.4, 0.5) is 17.1 Å². The Morgan fingerprint density at radius 1 is 0.884 bits per heavy atom. The molecule has 0 spiro atoms. The number of allylic oxidation sites excluding steroid dienone is 1. The van der Waals surface area contributed by atoms with Crippen LogP contribution in [0.5, 0.6) is 0 Å². The molecule has 6 rings (SSSR count). The largest absolute Gasteiger partial charge is 0.465 e. The van der Waals surface area contributed by atoms with Gasteiger partial charge < -0.3 is 24.8 Å². The van der Waals surface area contributed by atoms with Crippen LogP contribution in [0.1, 0.15) is 48.7 Å². The van der Waals surface area contributed by atoms with Crippen molar-refractivity contribution in [3.63, 3.8) is 0 Å². The van der Waals surface area contributed by atoms with E-state index in [0.29, 0.717) is 37.1 Å². The van der Waals surface area contributed by atoms with E-state index in [4.69, 9.17) is 4.74 Å². The lowest BCUT2D eigenvalue weighted by Crippen LogP contribution is -2.52. The van der Waals surface area contributed by atoms with Gasteiger partial charge in [-0.05, 0) is 53.8 Å². The minimum atomic E-state index is -0.504. The molecule has 0 radical (unpaired) electrons. The molecular weight excluding hydrogens is 540 g/mol. The van der Waals surface area contributed by atoms with Crippen LogP contribution in [0.15, 0.2) is 90.1 Å². The van der Waals surface area contributed by atoms with Crippen molar-refractivity contribution >= 4 is 34.7 Å². The first-order valence-corrected chi connectivity index (χ1v) is 14.9. The number of fused-ring (bicyclic) bond motifs is 1. The number of ketones is 1. The van der Waals surface area contributed by atoms with Gasteiger partial charge in [0.2, 0.25) is 5.91 Å². The number of Topliss-reactive ketones (excluding diaryl/α,β-unsaturated/α-hetero) is 1. The third-order valence-corrected chi connectivity index (χ3v) is 8.71. The highest BCUT2D eigenvalue weighted by Gasteiger charge is 2.42. The number of nitrogens with one attached hydrogen (secondary N) is 1. The van der Waals surface area contributed by atoms with Gasteiger partial charge in [0.25, 0.3) is 0 Å². The van der Waals surface area contributed by atoms with E-state index < -0.39 is 12.0 Å². The van der Waals surface area contributed by atoms with Crippen molar-refractivity contribution < 1.29 is 19.1 Å². The number of piperazine rings is 1. The van der Waals surface area contributed by atoms with Crippen molar-refractivity contribution in [1.29, 1.82) is 0 Å². The molecule has 1 atom stereocenters. The average molecular weight is 579 g/mol. The van der Waals surface area contributed by atoms with Crippen molar-refractivity contribution in [3.8, 4) is 0 Å². The van der Waals surface area contributed by atoms with Crippen LogP contribution in [0.25, 0.3) is 0 Å². The van der Waals surface area contributed by atoms with Gasteiger partial charge >= 0.3 is 5.97 Å². The molecule has 3 aliphatic rings. The second-order valence-corrected chi connectivity index (χ2v) is 12.3. The summed E-state index contributed by atoms with van der Waals surface area (Å²) >= 11 is 0. The first kappa shape index (κ1) is 28.5. The Morgan fingerprint density at radius 3 is 2.26 bits per heavy atom. The molecule has 1 aliphatic carbocycles. The normalized spacial score (nSPS) is 19.7. The second kappa shape index (κ2) is 11.6. The van der Waals surface area contributed by atoms with Crippen LogP contribution < -0.4 is 15.1 Å². The lowest BCUT2D eigenvalue weighted by molar-refractivity contribution is -0.130. The number of carbonyl (C=O) groups excluding carboxylic acids is 3. The summed E-state index contributed by atoms with van der Waals surface area (Å²) in [7, 11) is 1.36. The zero-order valence-electron chi connectivity index (χ0n) is 25.0. The van der Waals surface area contributed by atoms with Gasteiger partial charge in [0.05, 0.1) is 36.6 Å². The molecule has 0 saturated carbocycles. The Labute approximate surface area is 252 Å². The van der Waals surface area contributed by atoms with Crippen LogP contribution >= 0.6 is 0 Å². The molecule has 1 unspecified atom stereocenters. The summed E-state index contributed by atoms with van der Waals surface area (Å²) in [6, 6.07) is 24.9. The number of methoxy groups -OCH3 is 1. The molecule has 2 heterocycles. The van der Waals surface area contributed by atoms with E-state index in [1.165, 1.54) is 7.11 Å². The Hall–Kier alpha value is -4.59. The maximum absolute atomic E-state index is 14.0. The van der Waals surface area contributed by atoms with Crippen molar-refractivity contribution in [1.82, 2.24) is 4.90 Å². The molecule has 43 heavy (non-hydrogen) atoms. The van der Waals surface area contributed by atoms with E-state index >= 15 is 0 Å². The van der Waals surface area contributed by atoms with Crippen molar-refractivity contribution in [2.24, 2.45) is 5.41 Å². The summed E-state index contributed by atoms with van der Waals surface area (Å²) in [6.07, 6.45) is 1.13. The minimum Gasteiger partial charge on any atom is -0.465 e. The van der Waals surface area contributed by atoms with E-state index in [1.807, 2.05) is 59.5 Å². The fourth-order valence-electron chi connectivity index (χ4n) is 6.59. The molecular formula is C35H38N4O4. The zero-order valence-corrected chi connectivity index (χ0v) is 25.0. The predicted molar refractivity (Wildman–Crippen MR) is 168 cm³/mol. The highest BCUT2D eigenvalue weighted by molar-refractivity contribution is 6.02. The van der Waals surface area contributed by atoms with Gasteiger partial charge in [-0.15, -0.1) is 0 Å². The third kappa shape index (κ3) is 5.74. The van der Waals surface area contributed by atoms with Crippen LogP contribution in [-0.4, -0.2) is 62.4 Å². The number of carbonyl (C=O) groups is 3. The van der Waals surface area contributed by atoms with Gasteiger partial charge in [-0.25, -0.2) is 4.79 Å². The first-order chi connectivity index (χ1) is 20.7. The number of hydrogen-bond donors (Lipinski definition) is 1. The van der Waals surface area contributed by atoms with Gasteiger partial charge in [0, 0.05) is 49.6 Å². The Kier molecular flexibility index (Phi) is 7.69. The molecule has 8 nitrogen and oxygen atoms in total. The zero-order chi connectivity index (χ0) is 30.1. The van der Waals surface area contributed by atoms with E-state index in [1.54, 1.807) is 12.1 Å². The summed E-state index contributed by atoms with van der Waals surface area (Å²) in [5.41, 5.74) is 5.55. The van der Waals surface area contributed by atoms with Crippen LogP contribution in [0, 0.1) is 5.41 Å². The number of hydrogen-bond acceptors (Lipinski definition) is 7. The number of rotatable bonds is 5. The fourth-order valence-corrected chi connectivity index (χ4v) is 6.59. The number of benzene rings is 3. The Bertz CT molecular complexity index is 1560. The topological polar surface area (TPSA) is 82.2 Å². The third-order valence-electron chi connectivity index (χ3n) is 8.71. The van der Waals surface area contributed by atoms with Crippen LogP contribution in [0.2, 0.25) is 0 Å². The number of anilines is 3. The maximum atomic E-state index is 14.0. The highest BCUT2D eigenvalue weighted by Crippen LogP contribution is 2.48. The summed E-state index contributed by atoms with van der Waals surface area (Å²) in [4.78, 5) is 46.5. The van der Waals surface area contributed by atoms with Crippen LogP contribution in [-0.2, 0) is 14.3 Å². The van der Waals surface area contributed by atoms with Crippen molar-refractivity contribution in [2.75, 3.05) is 55.0 Å². The molecule has 2 aliphatic heterocycles. The number of para-hydroxylation sites is 3. The smallest absolute Gasteiger partial charge is 0.337 e. The molecule has 3 aromatic carbocycles. The standard InChI is InChI=1S/C35H38N4O4/c1-35(2)21-28-32(30(40)22-35)33(24-13-15-25(16-14-24)34(42)43-3)39(29-12-8-7-11-27(29)36-28)23-31(41)38-19-17-37(18-20-38)26-9-5-4-6-10-26/h4-16,33,36H,17-23H2,1-3H3. The molecule has 1 N–H and O–H groups in total. The van der Waals surface area contributed by atoms with Crippen molar-refractivity contribution in [2.45, 2.75) is 32.7 Å². The SMILES string of the molecule is COC(=O)c1ccc(C2C3=C(CC(C)(C)CC3=O)Nc3ccccc3N2CC(=O)N2CCN(c3ccccc3)CC2)cc1. The lowest BCUT2D eigenvalue weighted by Gasteiger charge is -2.40. The van der Waals surface area contributed by atoms with Gasteiger partial charge in [0.15, 0.2) is 5.78 Å². The molecule has 1 saturated heterocycles. The first-order valence-electron chi connectivity index (χ1n) is 14.9. The van der Waals surface area contributed by atoms with Crippen LogP contribution in [0.3, 0.4) is 0 Å². The van der Waals surface area contributed by atoms with E-state index in [9.17, 15) is 14.4 Å². The predicted octanol–water partition coefficient (Wildman–Crippen LogP) is 5.44. The molecule has 222 valence electrons.